The van der Waals surface area contributed by atoms with E-state index in [0.29, 0.717) is 19.5 Å². The van der Waals surface area contributed by atoms with Crippen molar-refractivity contribution in [1.29, 1.82) is 0 Å². The molecule has 1 atom stereocenters. The molecule has 0 saturated carbocycles. The summed E-state index contributed by atoms with van der Waals surface area (Å²) in [5.74, 6) is -0.177. The Balaban J connectivity index is 2.19. The van der Waals surface area contributed by atoms with E-state index < -0.39 is 0 Å². The van der Waals surface area contributed by atoms with Crippen LogP contribution in [0.15, 0.2) is 18.2 Å². The average Bonchev–Trinajstić information content (AvgIpc) is 2.86. The van der Waals surface area contributed by atoms with E-state index in [2.05, 4.69) is 18.3 Å². The second-order valence-electron chi connectivity index (χ2n) is 5.63. The summed E-state index contributed by atoms with van der Waals surface area (Å²) in [7, 11) is 0. The van der Waals surface area contributed by atoms with Gasteiger partial charge in [0.25, 0.3) is 0 Å². The highest BCUT2D eigenvalue weighted by Gasteiger charge is 2.36. The molecule has 1 unspecified atom stereocenters. The molecule has 4 nitrogen and oxygen atoms in total. The van der Waals surface area contributed by atoms with Crippen LogP contribution in [0.1, 0.15) is 37.8 Å². The topological polar surface area (TPSA) is 49.4 Å². The van der Waals surface area contributed by atoms with Crippen molar-refractivity contribution in [3.05, 3.63) is 29.3 Å². The van der Waals surface area contributed by atoms with Crippen LogP contribution < -0.4 is 10.2 Å². The number of rotatable bonds is 5. The van der Waals surface area contributed by atoms with Crippen LogP contribution in [0.2, 0.25) is 0 Å². The number of nitrogens with one attached hydrogen (secondary N) is 1. The first-order valence-corrected chi connectivity index (χ1v) is 7.75. The van der Waals surface area contributed by atoms with E-state index in [4.69, 9.17) is 0 Å². The van der Waals surface area contributed by atoms with Gasteiger partial charge in [-0.15, -0.1) is 0 Å². The van der Waals surface area contributed by atoms with Crippen LogP contribution in [0.4, 0.5) is 5.69 Å². The van der Waals surface area contributed by atoms with Gasteiger partial charge in [0.15, 0.2) is 0 Å². The number of hydrogen-bond acceptors (Lipinski definition) is 2. The van der Waals surface area contributed by atoms with Crippen LogP contribution in [0.25, 0.3) is 0 Å². The van der Waals surface area contributed by atoms with Gasteiger partial charge in [-0.1, -0.05) is 32.0 Å². The third kappa shape index (κ3) is 3.26. The minimum Gasteiger partial charge on any atom is -0.356 e. The van der Waals surface area contributed by atoms with E-state index in [1.165, 1.54) is 0 Å². The van der Waals surface area contributed by atoms with Crippen molar-refractivity contribution in [3.8, 4) is 0 Å². The number of aryl methyl sites for hydroxylation is 2. The Kier molecular flexibility index (Phi) is 4.99. The van der Waals surface area contributed by atoms with E-state index in [9.17, 15) is 9.59 Å². The molecular weight excluding hydrogens is 264 g/mol. The Hall–Kier alpha value is -1.84. The summed E-state index contributed by atoms with van der Waals surface area (Å²) >= 11 is 0. The minimum atomic E-state index is -0.228. The molecule has 0 radical (unpaired) electrons. The molecule has 0 aliphatic carbocycles. The maximum absolute atomic E-state index is 12.3. The summed E-state index contributed by atoms with van der Waals surface area (Å²) in [6.07, 6.45) is 2.11. The SMILES string of the molecule is CCCNC(=O)C1CC(=O)N(c2c(C)cccc2CC)C1. The van der Waals surface area contributed by atoms with Gasteiger partial charge in [-0.05, 0) is 30.9 Å². The number of para-hydroxylation sites is 1. The second-order valence-corrected chi connectivity index (χ2v) is 5.63. The quantitative estimate of drug-likeness (QED) is 0.904. The van der Waals surface area contributed by atoms with Crippen molar-refractivity contribution in [2.45, 2.75) is 40.0 Å². The molecule has 21 heavy (non-hydrogen) atoms. The third-order valence-corrected chi connectivity index (χ3v) is 4.02. The number of anilines is 1. The van der Waals surface area contributed by atoms with Gasteiger partial charge in [-0.3, -0.25) is 9.59 Å². The molecule has 1 aliphatic rings. The molecule has 2 rings (SSSR count). The van der Waals surface area contributed by atoms with Gasteiger partial charge in [0.2, 0.25) is 11.8 Å². The number of amides is 2. The largest absolute Gasteiger partial charge is 0.356 e. The number of benzene rings is 1. The zero-order valence-electron chi connectivity index (χ0n) is 13.1. The third-order valence-electron chi connectivity index (χ3n) is 4.02. The first kappa shape index (κ1) is 15.5. The number of hydrogen-bond donors (Lipinski definition) is 1. The zero-order chi connectivity index (χ0) is 15.4. The molecule has 0 bridgehead atoms. The van der Waals surface area contributed by atoms with Crippen molar-refractivity contribution in [1.82, 2.24) is 5.32 Å². The lowest BCUT2D eigenvalue weighted by Gasteiger charge is -2.22. The lowest BCUT2D eigenvalue weighted by atomic mass is 10.0. The normalized spacial score (nSPS) is 18.1. The maximum Gasteiger partial charge on any atom is 0.227 e. The van der Waals surface area contributed by atoms with Gasteiger partial charge in [0.1, 0.15) is 0 Å². The van der Waals surface area contributed by atoms with Crippen molar-refractivity contribution < 1.29 is 9.59 Å². The molecular formula is C17H24N2O2. The Morgan fingerprint density at radius 3 is 2.81 bits per heavy atom. The number of carbonyl (C=O) groups is 2. The summed E-state index contributed by atoms with van der Waals surface area (Å²) in [6, 6.07) is 6.09. The van der Waals surface area contributed by atoms with Crippen molar-refractivity contribution in [2.75, 3.05) is 18.0 Å². The molecule has 1 heterocycles. The average molecular weight is 288 g/mol. The molecule has 1 saturated heterocycles. The smallest absolute Gasteiger partial charge is 0.227 e. The Bertz CT molecular complexity index is 540. The van der Waals surface area contributed by atoms with Crippen molar-refractivity contribution >= 4 is 17.5 Å². The summed E-state index contributed by atoms with van der Waals surface area (Å²) in [5, 5.41) is 2.89. The Labute approximate surface area is 126 Å². The predicted molar refractivity (Wildman–Crippen MR) is 84.3 cm³/mol. The van der Waals surface area contributed by atoms with Crippen LogP contribution in [0, 0.1) is 12.8 Å². The summed E-state index contributed by atoms with van der Waals surface area (Å²) in [6.45, 7) is 7.30. The van der Waals surface area contributed by atoms with E-state index in [0.717, 1.165) is 29.7 Å². The van der Waals surface area contributed by atoms with Gasteiger partial charge in [-0.25, -0.2) is 0 Å². The maximum atomic E-state index is 12.3. The van der Waals surface area contributed by atoms with Crippen molar-refractivity contribution in [3.63, 3.8) is 0 Å². The molecule has 114 valence electrons. The lowest BCUT2D eigenvalue weighted by molar-refractivity contribution is -0.126. The minimum absolute atomic E-state index is 0.000618. The molecule has 1 fully saturated rings. The first-order chi connectivity index (χ1) is 10.1. The van der Waals surface area contributed by atoms with Crippen LogP contribution in [0.5, 0.6) is 0 Å². The molecule has 1 aliphatic heterocycles. The van der Waals surface area contributed by atoms with Gasteiger partial charge < -0.3 is 10.2 Å². The standard InChI is InChI=1S/C17H24N2O2/c1-4-9-18-17(21)14-10-15(20)19(11-14)16-12(3)7-6-8-13(16)5-2/h6-8,14H,4-5,9-11H2,1-3H3,(H,18,21). The molecule has 1 aromatic carbocycles. The Morgan fingerprint density at radius 1 is 1.38 bits per heavy atom. The summed E-state index contributed by atoms with van der Waals surface area (Å²) in [5.41, 5.74) is 3.26. The molecule has 2 amide bonds. The molecule has 0 aromatic heterocycles. The van der Waals surface area contributed by atoms with Crippen LogP contribution in [-0.4, -0.2) is 24.9 Å². The second kappa shape index (κ2) is 6.74. The van der Waals surface area contributed by atoms with E-state index in [-0.39, 0.29) is 17.7 Å². The number of nitrogens with zero attached hydrogens (tertiary/aromatic N) is 1. The molecule has 1 N–H and O–H groups in total. The molecule has 1 aromatic rings. The van der Waals surface area contributed by atoms with Crippen LogP contribution in [-0.2, 0) is 16.0 Å². The molecule has 0 spiro atoms. The summed E-state index contributed by atoms with van der Waals surface area (Å²) in [4.78, 5) is 26.2. The highest BCUT2D eigenvalue weighted by atomic mass is 16.2. The van der Waals surface area contributed by atoms with E-state index in [1.807, 2.05) is 26.0 Å². The summed E-state index contributed by atoms with van der Waals surface area (Å²) < 4.78 is 0. The van der Waals surface area contributed by atoms with E-state index >= 15 is 0 Å². The predicted octanol–water partition coefficient (Wildman–Crippen LogP) is 2.44. The van der Waals surface area contributed by atoms with Gasteiger partial charge >= 0.3 is 0 Å². The Morgan fingerprint density at radius 2 is 2.14 bits per heavy atom. The van der Waals surface area contributed by atoms with Crippen LogP contribution >= 0.6 is 0 Å². The van der Waals surface area contributed by atoms with E-state index in [1.54, 1.807) is 4.90 Å². The first-order valence-electron chi connectivity index (χ1n) is 7.75. The van der Waals surface area contributed by atoms with Crippen molar-refractivity contribution in [2.24, 2.45) is 5.92 Å². The highest BCUT2D eigenvalue weighted by Crippen LogP contribution is 2.31. The fraction of sp³-hybridized carbons (Fsp3) is 0.529. The van der Waals surface area contributed by atoms with Crippen LogP contribution in [0.3, 0.4) is 0 Å². The highest BCUT2D eigenvalue weighted by molar-refractivity contribution is 6.01. The fourth-order valence-electron chi connectivity index (χ4n) is 2.88. The zero-order valence-corrected chi connectivity index (χ0v) is 13.1. The lowest BCUT2D eigenvalue weighted by Crippen LogP contribution is -2.33. The van der Waals surface area contributed by atoms with Gasteiger partial charge in [-0.2, -0.15) is 0 Å². The fourth-order valence-corrected chi connectivity index (χ4v) is 2.88. The number of carbonyl (C=O) groups excluding carboxylic acids is 2. The monoisotopic (exact) mass is 288 g/mol. The molecule has 4 heteroatoms. The van der Waals surface area contributed by atoms with Gasteiger partial charge in [0.05, 0.1) is 5.92 Å². The van der Waals surface area contributed by atoms with Gasteiger partial charge in [0, 0.05) is 25.2 Å².